The highest BCUT2D eigenvalue weighted by atomic mass is 16.5. The highest BCUT2D eigenvalue weighted by molar-refractivity contribution is 5.98. The molecule has 0 saturated heterocycles. The average Bonchev–Trinajstić information content (AvgIpc) is 2.68. The Kier molecular flexibility index (Phi) is 5.46. The first-order chi connectivity index (χ1) is 12.7. The Morgan fingerprint density at radius 3 is 2.31 bits per heavy atom. The molecule has 26 heavy (non-hydrogen) atoms. The van der Waals surface area contributed by atoms with Crippen LogP contribution in [-0.4, -0.2) is 10.9 Å². The maximum absolute atomic E-state index is 12.3. The number of ether oxygens (including phenoxy) is 1. The smallest absolute Gasteiger partial charge is 0.255 e. The zero-order chi connectivity index (χ0) is 18.4. The number of nitrogens with two attached hydrogens (primary N) is 2. The van der Waals surface area contributed by atoms with Crippen LogP contribution >= 0.6 is 0 Å². The fraction of sp³-hybridized carbons (Fsp3) is 0.100. The first-order valence-electron chi connectivity index (χ1n) is 8.21. The summed E-state index contributed by atoms with van der Waals surface area (Å²) in [5, 5.41) is 2.83. The number of anilines is 1. The van der Waals surface area contributed by atoms with Gasteiger partial charge in [0.2, 0.25) is 0 Å². The van der Waals surface area contributed by atoms with Crippen LogP contribution in [0, 0.1) is 0 Å². The fourth-order valence-corrected chi connectivity index (χ4v) is 2.40. The Hall–Kier alpha value is -3.38. The van der Waals surface area contributed by atoms with Gasteiger partial charge in [0.05, 0.1) is 11.3 Å². The van der Waals surface area contributed by atoms with E-state index in [-0.39, 0.29) is 18.3 Å². The third-order valence-corrected chi connectivity index (χ3v) is 3.79. The summed E-state index contributed by atoms with van der Waals surface area (Å²) >= 11 is 0. The van der Waals surface area contributed by atoms with Crippen molar-refractivity contribution in [2.45, 2.75) is 13.1 Å². The number of pyridine rings is 1. The van der Waals surface area contributed by atoms with E-state index < -0.39 is 0 Å². The van der Waals surface area contributed by atoms with Crippen molar-refractivity contribution in [3.05, 3.63) is 83.6 Å². The molecule has 6 nitrogen and oxygen atoms in total. The number of nitrogens with one attached hydrogen (secondary N) is 1. The third kappa shape index (κ3) is 4.37. The van der Waals surface area contributed by atoms with Crippen LogP contribution < -0.4 is 21.5 Å². The number of nitrogens with zero attached hydrogens (tertiary/aromatic N) is 1. The van der Waals surface area contributed by atoms with Crippen molar-refractivity contribution in [3.8, 4) is 11.5 Å². The van der Waals surface area contributed by atoms with Crippen LogP contribution in [0.1, 0.15) is 21.6 Å². The molecule has 5 N–H and O–H groups in total. The number of carbonyl (C=O) groups is 1. The molecule has 0 spiro atoms. The minimum atomic E-state index is -0.275. The quantitative estimate of drug-likeness (QED) is 0.635. The zero-order valence-corrected chi connectivity index (χ0v) is 14.2. The van der Waals surface area contributed by atoms with Gasteiger partial charge in [-0.05, 0) is 42.0 Å². The molecular formula is C20H20N4O2. The number of carbonyl (C=O) groups excluding carboxylic acids is 1. The van der Waals surface area contributed by atoms with Crippen LogP contribution in [0.5, 0.6) is 11.5 Å². The number of benzene rings is 2. The van der Waals surface area contributed by atoms with Gasteiger partial charge in [0.25, 0.3) is 5.91 Å². The van der Waals surface area contributed by atoms with Crippen LogP contribution in [0.3, 0.4) is 0 Å². The number of aromatic nitrogens is 1. The number of para-hydroxylation sites is 1. The molecule has 3 aromatic rings. The number of rotatable bonds is 6. The molecule has 1 heterocycles. The van der Waals surface area contributed by atoms with Crippen LogP contribution in [0.2, 0.25) is 0 Å². The van der Waals surface area contributed by atoms with Crippen molar-refractivity contribution in [2.75, 3.05) is 5.73 Å². The number of amides is 1. The summed E-state index contributed by atoms with van der Waals surface area (Å²) in [7, 11) is 0. The largest absolute Gasteiger partial charge is 0.457 e. The van der Waals surface area contributed by atoms with Crippen molar-refractivity contribution in [1.29, 1.82) is 0 Å². The molecule has 0 saturated carbocycles. The van der Waals surface area contributed by atoms with Crippen molar-refractivity contribution in [3.63, 3.8) is 0 Å². The molecule has 0 radical (unpaired) electrons. The molecule has 132 valence electrons. The van der Waals surface area contributed by atoms with Crippen molar-refractivity contribution >= 4 is 11.7 Å². The zero-order valence-electron chi connectivity index (χ0n) is 14.2. The summed E-state index contributed by atoms with van der Waals surface area (Å²) in [6.07, 6.45) is 0. The maximum atomic E-state index is 12.3. The second-order valence-corrected chi connectivity index (χ2v) is 5.68. The molecule has 0 aliphatic carbocycles. The van der Waals surface area contributed by atoms with Gasteiger partial charge in [-0.15, -0.1) is 0 Å². The molecule has 0 aliphatic heterocycles. The predicted octanol–water partition coefficient (Wildman–Crippen LogP) is 2.84. The van der Waals surface area contributed by atoms with E-state index in [0.29, 0.717) is 17.8 Å². The van der Waals surface area contributed by atoms with Gasteiger partial charge in [-0.1, -0.05) is 30.3 Å². The molecule has 2 aromatic carbocycles. The monoisotopic (exact) mass is 348 g/mol. The average molecular weight is 348 g/mol. The van der Waals surface area contributed by atoms with Gasteiger partial charge in [-0.3, -0.25) is 4.79 Å². The predicted molar refractivity (Wildman–Crippen MR) is 101 cm³/mol. The first-order valence-corrected chi connectivity index (χ1v) is 8.21. The van der Waals surface area contributed by atoms with Gasteiger partial charge in [0.15, 0.2) is 0 Å². The second kappa shape index (κ2) is 8.13. The molecule has 0 unspecified atom stereocenters. The number of nitrogen functional groups attached to an aromatic ring is 1. The van der Waals surface area contributed by atoms with E-state index in [1.807, 2.05) is 54.6 Å². The lowest BCUT2D eigenvalue weighted by molar-refractivity contribution is 0.0951. The topological polar surface area (TPSA) is 103 Å². The molecule has 0 atom stereocenters. The first kappa shape index (κ1) is 17.4. The van der Waals surface area contributed by atoms with Crippen LogP contribution in [0.15, 0.2) is 66.7 Å². The van der Waals surface area contributed by atoms with E-state index in [0.717, 1.165) is 17.1 Å². The summed E-state index contributed by atoms with van der Waals surface area (Å²) in [5.41, 5.74) is 13.3. The molecule has 0 aliphatic rings. The normalized spacial score (nSPS) is 10.3. The maximum Gasteiger partial charge on any atom is 0.255 e. The lowest BCUT2D eigenvalue weighted by atomic mass is 10.2. The van der Waals surface area contributed by atoms with Crippen LogP contribution in [0.25, 0.3) is 0 Å². The minimum Gasteiger partial charge on any atom is -0.457 e. The Morgan fingerprint density at radius 1 is 0.962 bits per heavy atom. The highest BCUT2D eigenvalue weighted by Gasteiger charge is 2.11. The van der Waals surface area contributed by atoms with Crippen LogP contribution in [0.4, 0.5) is 5.82 Å². The van der Waals surface area contributed by atoms with Gasteiger partial charge in [-0.2, -0.15) is 0 Å². The Morgan fingerprint density at radius 2 is 1.65 bits per heavy atom. The second-order valence-electron chi connectivity index (χ2n) is 5.68. The SMILES string of the molecule is NCc1ccc(C(=O)NCc2ccc(Oc3ccccc3)cc2)c(N)n1. The Bertz CT molecular complexity index is 880. The van der Waals surface area contributed by atoms with E-state index >= 15 is 0 Å². The molecule has 6 heteroatoms. The highest BCUT2D eigenvalue weighted by Crippen LogP contribution is 2.21. The van der Waals surface area contributed by atoms with Crippen molar-refractivity contribution < 1.29 is 9.53 Å². The Labute approximate surface area is 151 Å². The molecule has 0 fully saturated rings. The minimum absolute atomic E-state index is 0.178. The number of hydrogen-bond acceptors (Lipinski definition) is 5. The van der Waals surface area contributed by atoms with Gasteiger partial charge in [0.1, 0.15) is 17.3 Å². The van der Waals surface area contributed by atoms with Gasteiger partial charge < -0.3 is 21.5 Å². The van der Waals surface area contributed by atoms with E-state index in [9.17, 15) is 4.79 Å². The van der Waals surface area contributed by atoms with Crippen molar-refractivity contribution in [2.24, 2.45) is 5.73 Å². The van der Waals surface area contributed by atoms with Crippen LogP contribution in [-0.2, 0) is 13.1 Å². The summed E-state index contributed by atoms with van der Waals surface area (Å²) < 4.78 is 5.74. The van der Waals surface area contributed by atoms with E-state index in [4.69, 9.17) is 16.2 Å². The van der Waals surface area contributed by atoms with Crippen molar-refractivity contribution in [1.82, 2.24) is 10.3 Å². The van der Waals surface area contributed by atoms with E-state index in [1.54, 1.807) is 12.1 Å². The third-order valence-electron chi connectivity index (χ3n) is 3.79. The lowest BCUT2D eigenvalue weighted by Gasteiger charge is -2.09. The molecule has 1 amide bonds. The summed E-state index contributed by atoms with van der Waals surface area (Å²) in [4.78, 5) is 16.4. The fourth-order valence-electron chi connectivity index (χ4n) is 2.40. The molecule has 3 rings (SSSR count). The molecule has 0 bridgehead atoms. The van der Waals surface area contributed by atoms with Gasteiger partial charge in [0, 0.05) is 13.1 Å². The Balaban J connectivity index is 1.58. The van der Waals surface area contributed by atoms with Gasteiger partial charge >= 0.3 is 0 Å². The van der Waals surface area contributed by atoms with E-state index in [1.165, 1.54) is 0 Å². The standard InChI is InChI=1S/C20H20N4O2/c21-12-15-8-11-18(19(22)24-15)20(25)23-13-14-6-9-17(10-7-14)26-16-4-2-1-3-5-16/h1-11H,12-13,21H2,(H2,22,24)(H,23,25). The van der Waals surface area contributed by atoms with Gasteiger partial charge in [-0.25, -0.2) is 4.98 Å². The van der Waals surface area contributed by atoms with E-state index in [2.05, 4.69) is 10.3 Å². The lowest BCUT2D eigenvalue weighted by Crippen LogP contribution is -2.24. The summed E-state index contributed by atoms with van der Waals surface area (Å²) in [5.74, 6) is 1.41. The number of hydrogen-bond donors (Lipinski definition) is 3. The summed E-state index contributed by atoms with van der Waals surface area (Å²) in [6.45, 7) is 0.659. The molecular weight excluding hydrogens is 328 g/mol. The molecule has 1 aromatic heterocycles. The summed E-state index contributed by atoms with van der Waals surface area (Å²) in [6, 6.07) is 20.4.